The van der Waals surface area contributed by atoms with E-state index in [1.54, 1.807) is 36.4 Å². The molecule has 1 aliphatic rings. The Morgan fingerprint density at radius 1 is 1.08 bits per heavy atom. The number of aromatic nitrogens is 3. The number of halogens is 1. The molecule has 0 aliphatic carbocycles. The molecule has 1 unspecified atom stereocenters. The van der Waals surface area contributed by atoms with Crippen LogP contribution in [0, 0.1) is 11.3 Å². The second kappa shape index (κ2) is 10.1. The molecule has 4 aromatic rings. The summed E-state index contributed by atoms with van der Waals surface area (Å²) in [6.45, 7) is 0.522. The van der Waals surface area contributed by atoms with E-state index < -0.39 is 42.0 Å². The number of benzene rings is 2. The van der Waals surface area contributed by atoms with Gasteiger partial charge in [0.2, 0.25) is 5.60 Å². The summed E-state index contributed by atoms with van der Waals surface area (Å²) < 4.78 is 29.7. The minimum absolute atomic E-state index is 0.0105. The number of nitriles is 1. The molecule has 12 heteroatoms. The van der Waals surface area contributed by atoms with E-state index in [1.165, 1.54) is 40.9 Å². The van der Waals surface area contributed by atoms with Gasteiger partial charge in [0.05, 0.1) is 16.8 Å². The summed E-state index contributed by atoms with van der Waals surface area (Å²) in [6.07, 6.45) is -1.89. The third kappa shape index (κ3) is 4.43. The molecule has 1 aliphatic heterocycles. The van der Waals surface area contributed by atoms with Gasteiger partial charge < -0.3 is 15.2 Å². The highest BCUT2D eigenvalue weighted by Crippen LogP contribution is 2.51. The monoisotopic (exact) mass is 531 g/mol. The Labute approximate surface area is 221 Å². The second-order valence-electron chi connectivity index (χ2n) is 8.90. The lowest BCUT2D eigenvalue weighted by atomic mass is 9.81. The van der Waals surface area contributed by atoms with Gasteiger partial charge in [0.1, 0.15) is 30.6 Å². The Balaban J connectivity index is 1.48. The van der Waals surface area contributed by atoms with E-state index in [2.05, 4.69) is 10.1 Å². The number of hydrogen-bond acceptors (Lipinski definition) is 10. The maximum absolute atomic E-state index is 16.9. The van der Waals surface area contributed by atoms with Crippen molar-refractivity contribution in [2.75, 3.05) is 12.3 Å². The number of nitrogens with zero attached hydrogens (tertiary/aromatic N) is 4. The van der Waals surface area contributed by atoms with Gasteiger partial charge in [0, 0.05) is 0 Å². The van der Waals surface area contributed by atoms with E-state index in [4.69, 9.17) is 25.0 Å². The largest absolute Gasteiger partial charge is 0.452 e. The summed E-state index contributed by atoms with van der Waals surface area (Å²) in [5.41, 5.74) is 1.63. The number of nitrogen functional groups attached to an aromatic ring is 1. The van der Waals surface area contributed by atoms with Crippen LogP contribution in [0.2, 0.25) is 0 Å². The first kappa shape index (κ1) is 25.8. The molecule has 0 saturated carbocycles. The lowest BCUT2D eigenvalue weighted by Gasteiger charge is -2.32. The first-order valence-corrected chi connectivity index (χ1v) is 11.8. The lowest BCUT2D eigenvalue weighted by Crippen LogP contribution is -2.50. The van der Waals surface area contributed by atoms with Gasteiger partial charge >= 0.3 is 11.9 Å². The van der Waals surface area contributed by atoms with E-state index >= 15 is 4.39 Å². The summed E-state index contributed by atoms with van der Waals surface area (Å²) in [7, 11) is 0. The number of esters is 1. The molecule has 198 valence electrons. The summed E-state index contributed by atoms with van der Waals surface area (Å²) in [5.74, 6) is -1.55. The number of carbonyl (C=O) groups excluding carboxylic acids is 2. The van der Waals surface area contributed by atoms with Crippen LogP contribution >= 0.6 is 0 Å². The van der Waals surface area contributed by atoms with Gasteiger partial charge in [0.25, 0.3) is 0 Å². The van der Waals surface area contributed by atoms with E-state index in [9.17, 15) is 14.9 Å². The van der Waals surface area contributed by atoms with E-state index in [-0.39, 0.29) is 22.6 Å². The molecule has 0 bridgehead atoms. The van der Waals surface area contributed by atoms with Crippen LogP contribution in [0.1, 0.15) is 33.3 Å². The molecule has 1 fully saturated rings. The van der Waals surface area contributed by atoms with Crippen LogP contribution in [-0.4, -0.2) is 51.0 Å². The van der Waals surface area contributed by atoms with Gasteiger partial charge in [-0.2, -0.15) is 15.2 Å². The van der Waals surface area contributed by atoms with Crippen LogP contribution in [0.5, 0.6) is 0 Å². The van der Waals surface area contributed by atoms with Gasteiger partial charge in [-0.05, 0) is 43.3 Å². The molecule has 11 nitrogen and oxygen atoms in total. The topological polar surface area (TPSA) is 151 Å². The van der Waals surface area contributed by atoms with Crippen molar-refractivity contribution in [3.05, 3.63) is 95.9 Å². The lowest BCUT2D eigenvalue weighted by molar-refractivity contribution is -0.262. The molecule has 2 aromatic carbocycles. The number of ether oxygens (including phenoxy) is 2. The van der Waals surface area contributed by atoms with Crippen LogP contribution in [0.25, 0.3) is 5.52 Å². The zero-order chi connectivity index (χ0) is 27.6. The van der Waals surface area contributed by atoms with Crippen LogP contribution in [0.3, 0.4) is 0 Å². The third-order valence-corrected chi connectivity index (χ3v) is 6.51. The average molecular weight is 532 g/mol. The van der Waals surface area contributed by atoms with Gasteiger partial charge in [-0.1, -0.05) is 36.4 Å². The van der Waals surface area contributed by atoms with Crippen molar-refractivity contribution in [1.29, 1.82) is 5.26 Å². The molecular weight excluding hydrogens is 509 g/mol. The van der Waals surface area contributed by atoms with Gasteiger partial charge in [0.15, 0.2) is 17.6 Å². The van der Waals surface area contributed by atoms with Gasteiger partial charge in [-0.25, -0.2) is 23.5 Å². The van der Waals surface area contributed by atoms with Crippen molar-refractivity contribution >= 4 is 23.3 Å². The Morgan fingerprint density at radius 3 is 2.36 bits per heavy atom. The zero-order valence-electron chi connectivity index (χ0n) is 20.6. The van der Waals surface area contributed by atoms with Crippen molar-refractivity contribution in [3.8, 4) is 6.07 Å². The highest BCUT2D eigenvalue weighted by atomic mass is 19.1. The van der Waals surface area contributed by atoms with Crippen molar-refractivity contribution in [1.82, 2.24) is 14.6 Å². The third-order valence-electron chi connectivity index (χ3n) is 6.51. The summed E-state index contributed by atoms with van der Waals surface area (Å²) >= 11 is 0. The summed E-state index contributed by atoms with van der Waals surface area (Å²) in [5, 5.41) is 14.4. The maximum Gasteiger partial charge on any atom is 0.373 e. The number of anilines is 1. The average Bonchev–Trinajstić information content (AvgIpc) is 3.48. The van der Waals surface area contributed by atoms with E-state index in [0.717, 1.165) is 13.3 Å². The zero-order valence-corrected chi connectivity index (χ0v) is 20.6. The Morgan fingerprint density at radius 2 is 1.72 bits per heavy atom. The molecule has 2 aromatic heterocycles. The standard InChI is InChI=1S/C27H22FN5O6/c1-26(28)22(37-24(34)17-8-4-2-5-9-17)20(14-36-39-25(35)18-10-6-3-7-11-18)38-27(26,15-29)21-13-12-19-23(30)31-16-32-33(19)21/h2-13,16,20,22H,14H2,1H3,(H2,30,31,32)/t20-,22-,26-,27?/m1/s1. The van der Waals surface area contributed by atoms with Crippen LogP contribution in [0.4, 0.5) is 10.2 Å². The normalized spacial score (nSPS) is 24.2. The quantitative estimate of drug-likeness (QED) is 0.214. The van der Waals surface area contributed by atoms with Crippen LogP contribution in [-0.2, 0) is 24.8 Å². The summed E-state index contributed by atoms with van der Waals surface area (Å²) in [4.78, 5) is 39.1. The minimum atomic E-state index is -2.64. The van der Waals surface area contributed by atoms with E-state index in [0.29, 0.717) is 5.52 Å². The molecule has 1 saturated heterocycles. The minimum Gasteiger partial charge on any atom is -0.452 e. The number of nitrogens with two attached hydrogens (primary N) is 1. The second-order valence-corrected chi connectivity index (χ2v) is 8.90. The molecular formula is C27H22FN5O6. The molecule has 0 spiro atoms. The Kier molecular flexibility index (Phi) is 6.69. The molecule has 3 heterocycles. The SMILES string of the molecule is C[C@@]1(F)[C@H](OC(=O)c2ccccc2)[C@@H](COOC(=O)c2ccccc2)OC1(C#N)c1ccc2c(N)ncnn12. The first-order valence-electron chi connectivity index (χ1n) is 11.8. The molecule has 2 N–H and O–H groups in total. The molecule has 39 heavy (non-hydrogen) atoms. The molecule has 0 radical (unpaired) electrons. The number of rotatable bonds is 7. The number of carbonyl (C=O) groups is 2. The predicted octanol–water partition coefficient (Wildman–Crippen LogP) is 3.17. The fraction of sp³-hybridized carbons (Fsp3) is 0.222. The number of hydrogen-bond donors (Lipinski definition) is 1. The van der Waals surface area contributed by atoms with Crippen LogP contribution in [0.15, 0.2) is 79.1 Å². The van der Waals surface area contributed by atoms with Crippen molar-refractivity contribution in [2.45, 2.75) is 30.4 Å². The molecule has 4 atom stereocenters. The molecule has 5 rings (SSSR count). The van der Waals surface area contributed by atoms with Crippen molar-refractivity contribution in [3.63, 3.8) is 0 Å². The predicted molar refractivity (Wildman–Crippen MR) is 133 cm³/mol. The van der Waals surface area contributed by atoms with Crippen molar-refractivity contribution < 1.29 is 33.2 Å². The fourth-order valence-electron chi connectivity index (χ4n) is 4.52. The smallest absolute Gasteiger partial charge is 0.373 e. The number of fused-ring (bicyclic) bond motifs is 1. The first-order chi connectivity index (χ1) is 18.8. The fourth-order valence-corrected chi connectivity index (χ4v) is 4.52. The number of alkyl halides is 1. The Bertz CT molecular complexity index is 1560. The van der Waals surface area contributed by atoms with Crippen molar-refractivity contribution in [2.24, 2.45) is 0 Å². The molecule has 0 amide bonds. The van der Waals surface area contributed by atoms with Gasteiger partial charge in [-0.3, -0.25) is 4.89 Å². The summed E-state index contributed by atoms with van der Waals surface area (Å²) in [6, 6.07) is 20.8. The van der Waals surface area contributed by atoms with Crippen LogP contribution < -0.4 is 5.73 Å². The van der Waals surface area contributed by atoms with Gasteiger partial charge in [-0.15, -0.1) is 0 Å². The maximum atomic E-state index is 16.9. The highest BCUT2D eigenvalue weighted by molar-refractivity contribution is 5.89. The van der Waals surface area contributed by atoms with E-state index in [1.807, 2.05) is 6.07 Å². The highest BCUT2D eigenvalue weighted by Gasteiger charge is 2.69. The Hall–Kier alpha value is -4.86.